The first-order chi connectivity index (χ1) is 11.5. The van der Waals surface area contributed by atoms with Gasteiger partial charge in [-0.1, -0.05) is 48.0 Å². The molecule has 24 heavy (non-hydrogen) atoms. The second kappa shape index (κ2) is 7.31. The van der Waals surface area contributed by atoms with Crippen LogP contribution in [-0.2, 0) is 11.3 Å². The molecule has 4 heteroatoms. The third kappa shape index (κ3) is 4.12. The van der Waals surface area contributed by atoms with E-state index in [0.717, 1.165) is 11.1 Å². The fourth-order valence-electron chi connectivity index (χ4n) is 2.98. The summed E-state index contributed by atoms with van der Waals surface area (Å²) in [4.78, 5) is 0. The van der Waals surface area contributed by atoms with Crippen LogP contribution in [0.5, 0.6) is 5.75 Å². The summed E-state index contributed by atoms with van der Waals surface area (Å²) in [5.41, 5.74) is 2.04. The maximum atomic E-state index is 14.4. The first-order valence-electron chi connectivity index (χ1n) is 8.31. The van der Waals surface area contributed by atoms with Crippen LogP contribution in [0.3, 0.4) is 0 Å². The van der Waals surface area contributed by atoms with E-state index in [4.69, 9.17) is 9.47 Å². The summed E-state index contributed by atoms with van der Waals surface area (Å²) in [6, 6.07) is 16.8. The predicted molar refractivity (Wildman–Crippen MR) is 89.4 cm³/mol. The van der Waals surface area contributed by atoms with E-state index in [2.05, 4.69) is 0 Å². The third-order valence-corrected chi connectivity index (χ3v) is 4.34. The Hall–Kier alpha value is -1.94. The van der Waals surface area contributed by atoms with Gasteiger partial charge in [0.15, 0.2) is 6.10 Å². The van der Waals surface area contributed by atoms with Crippen LogP contribution in [0.15, 0.2) is 54.6 Å². The van der Waals surface area contributed by atoms with E-state index in [0.29, 0.717) is 25.2 Å². The maximum Gasteiger partial charge on any atom is 0.286 e. The summed E-state index contributed by atoms with van der Waals surface area (Å²) >= 11 is 0. The van der Waals surface area contributed by atoms with Crippen LogP contribution in [0, 0.1) is 6.92 Å². The maximum absolute atomic E-state index is 14.4. The summed E-state index contributed by atoms with van der Waals surface area (Å²) in [5.74, 6) is -2.43. The highest BCUT2D eigenvalue weighted by Crippen LogP contribution is 2.38. The minimum Gasteiger partial charge on any atom is -0.481 e. The van der Waals surface area contributed by atoms with Gasteiger partial charge >= 0.3 is 0 Å². The van der Waals surface area contributed by atoms with Crippen molar-refractivity contribution in [2.45, 2.75) is 50.9 Å². The lowest BCUT2D eigenvalue weighted by Crippen LogP contribution is -2.51. The molecule has 0 aromatic heterocycles. The number of alkyl halides is 2. The van der Waals surface area contributed by atoms with Crippen LogP contribution in [0.2, 0.25) is 0 Å². The van der Waals surface area contributed by atoms with Gasteiger partial charge in [0.2, 0.25) is 0 Å². The standard InChI is InChI=1S/C20H22F2O2/c1-15-9-11-17(12-10-15)24-19-18(8-5-13-20(19,21)22)23-14-16-6-3-2-4-7-16/h2-4,6-7,9-12,18-19H,5,8,13-14H2,1H3/t18-,19+/m1/s1. The van der Waals surface area contributed by atoms with Gasteiger partial charge in [-0.25, -0.2) is 8.78 Å². The summed E-state index contributed by atoms with van der Waals surface area (Å²) in [7, 11) is 0. The lowest BCUT2D eigenvalue weighted by Gasteiger charge is -2.37. The van der Waals surface area contributed by atoms with Crippen LogP contribution in [-0.4, -0.2) is 18.1 Å². The summed E-state index contributed by atoms with van der Waals surface area (Å²) < 4.78 is 40.3. The normalized spacial score (nSPS) is 23.0. The Bertz CT molecular complexity index is 640. The molecule has 0 amide bonds. The van der Waals surface area contributed by atoms with Gasteiger partial charge in [0, 0.05) is 6.42 Å². The average molecular weight is 332 g/mol. The second-order valence-electron chi connectivity index (χ2n) is 6.34. The molecule has 0 radical (unpaired) electrons. The molecule has 1 fully saturated rings. The topological polar surface area (TPSA) is 18.5 Å². The largest absolute Gasteiger partial charge is 0.481 e. The van der Waals surface area contributed by atoms with Gasteiger partial charge in [0.25, 0.3) is 5.92 Å². The highest BCUT2D eigenvalue weighted by atomic mass is 19.3. The SMILES string of the molecule is Cc1ccc(O[C@H]2[C@H](OCc3ccccc3)CCCC2(F)F)cc1. The number of ether oxygens (including phenoxy) is 2. The molecule has 2 atom stereocenters. The van der Waals surface area contributed by atoms with Crippen molar-refractivity contribution in [3.05, 3.63) is 65.7 Å². The van der Waals surface area contributed by atoms with E-state index in [1.54, 1.807) is 12.1 Å². The Kier molecular flexibility index (Phi) is 5.14. The highest BCUT2D eigenvalue weighted by molar-refractivity contribution is 5.27. The van der Waals surface area contributed by atoms with Crippen molar-refractivity contribution in [3.8, 4) is 5.75 Å². The second-order valence-corrected chi connectivity index (χ2v) is 6.34. The van der Waals surface area contributed by atoms with Gasteiger partial charge in [-0.3, -0.25) is 0 Å². The van der Waals surface area contributed by atoms with Crippen molar-refractivity contribution >= 4 is 0 Å². The minimum atomic E-state index is -2.88. The molecule has 1 saturated carbocycles. The number of rotatable bonds is 5. The highest BCUT2D eigenvalue weighted by Gasteiger charge is 2.49. The zero-order valence-electron chi connectivity index (χ0n) is 13.8. The zero-order chi connectivity index (χ0) is 17.0. The van der Waals surface area contributed by atoms with Crippen molar-refractivity contribution < 1.29 is 18.3 Å². The molecular weight excluding hydrogens is 310 g/mol. The van der Waals surface area contributed by atoms with E-state index in [-0.39, 0.29) is 6.42 Å². The molecule has 2 aromatic rings. The molecule has 1 aliphatic rings. The molecule has 0 saturated heterocycles. The first kappa shape index (κ1) is 16.9. The number of halogens is 2. The molecule has 0 N–H and O–H groups in total. The van der Waals surface area contributed by atoms with Gasteiger partial charge in [0.05, 0.1) is 6.61 Å². The molecule has 0 unspecified atom stereocenters. The van der Waals surface area contributed by atoms with Gasteiger partial charge in [0.1, 0.15) is 11.9 Å². The lowest BCUT2D eigenvalue weighted by molar-refractivity contribution is -0.181. The third-order valence-electron chi connectivity index (χ3n) is 4.34. The van der Waals surface area contributed by atoms with Crippen LogP contribution >= 0.6 is 0 Å². The Morgan fingerprint density at radius 1 is 1.04 bits per heavy atom. The summed E-state index contributed by atoms with van der Waals surface area (Å²) in [6.45, 7) is 2.26. The summed E-state index contributed by atoms with van der Waals surface area (Å²) in [6.07, 6.45) is -0.999. The van der Waals surface area contributed by atoms with Gasteiger partial charge < -0.3 is 9.47 Å². The van der Waals surface area contributed by atoms with Gasteiger partial charge in [-0.05, 0) is 37.5 Å². The smallest absolute Gasteiger partial charge is 0.286 e. The molecule has 0 aliphatic heterocycles. The van der Waals surface area contributed by atoms with Crippen molar-refractivity contribution in [3.63, 3.8) is 0 Å². The van der Waals surface area contributed by atoms with Crippen LogP contribution in [0.1, 0.15) is 30.4 Å². The van der Waals surface area contributed by atoms with Crippen molar-refractivity contribution in [2.24, 2.45) is 0 Å². The molecule has 3 rings (SSSR count). The van der Waals surface area contributed by atoms with Gasteiger partial charge in [-0.15, -0.1) is 0 Å². The average Bonchev–Trinajstić information content (AvgIpc) is 2.58. The fraction of sp³-hybridized carbons (Fsp3) is 0.400. The van der Waals surface area contributed by atoms with Gasteiger partial charge in [-0.2, -0.15) is 0 Å². The Morgan fingerprint density at radius 2 is 1.75 bits per heavy atom. The van der Waals surface area contributed by atoms with E-state index < -0.39 is 18.1 Å². The fourth-order valence-corrected chi connectivity index (χ4v) is 2.98. The molecule has 0 bridgehead atoms. The quantitative estimate of drug-likeness (QED) is 0.754. The molecular formula is C20H22F2O2. The lowest BCUT2D eigenvalue weighted by atomic mass is 9.90. The molecule has 0 spiro atoms. The first-order valence-corrected chi connectivity index (χ1v) is 8.31. The number of benzene rings is 2. The van der Waals surface area contributed by atoms with Crippen LogP contribution < -0.4 is 4.74 Å². The summed E-state index contributed by atoms with van der Waals surface area (Å²) in [5, 5.41) is 0. The Morgan fingerprint density at radius 3 is 2.46 bits per heavy atom. The van der Waals surface area contributed by atoms with E-state index >= 15 is 0 Å². The van der Waals surface area contributed by atoms with Crippen LogP contribution in [0.25, 0.3) is 0 Å². The molecule has 0 heterocycles. The number of hydrogen-bond donors (Lipinski definition) is 0. The van der Waals surface area contributed by atoms with Crippen LogP contribution in [0.4, 0.5) is 8.78 Å². The number of hydrogen-bond acceptors (Lipinski definition) is 2. The zero-order valence-corrected chi connectivity index (χ0v) is 13.8. The predicted octanol–water partition coefficient (Wildman–Crippen LogP) is 5.15. The molecule has 2 aromatic carbocycles. The van der Waals surface area contributed by atoms with E-state index in [1.807, 2.05) is 49.4 Å². The Balaban J connectivity index is 1.71. The molecule has 128 valence electrons. The monoisotopic (exact) mass is 332 g/mol. The van der Waals surface area contributed by atoms with E-state index in [9.17, 15) is 8.78 Å². The minimum absolute atomic E-state index is 0.158. The molecule has 1 aliphatic carbocycles. The Labute approximate surface area is 141 Å². The van der Waals surface area contributed by atoms with Crippen molar-refractivity contribution in [2.75, 3.05) is 0 Å². The van der Waals surface area contributed by atoms with E-state index in [1.165, 1.54) is 0 Å². The van der Waals surface area contributed by atoms with Crippen molar-refractivity contribution in [1.29, 1.82) is 0 Å². The van der Waals surface area contributed by atoms with Crippen molar-refractivity contribution in [1.82, 2.24) is 0 Å². The molecule has 2 nitrogen and oxygen atoms in total. The number of aryl methyl sites for hydroxylation is 1.